The Kier molecular flexibility index (Phi) is 9.54. The molecule has 0 unspecified atom stereocenters. The number of nitrogens with zero attached hydrogens (tertiary/aromatic N) is 2. The normalized spacial score (nSPS) is 36.8. The topological polar surface area (TPSA) is 107 Å². The van der Waals surface area contributed by atoms with Crippen molar-refractivity contribution in [3.63, 3.8) is 0 Å². The van der Waals surface area contributed by atoms with E-state index in [9.17, 15) is 13.2 Å². The zero-order valence-electron chi connectivity index (χ0n) is 31.1. The fourth-order valence-corrected chi connectivity index (χ4v) is 12.1. The summed E-state index contributed by atoms with van der Waals surface area (Å²) in [6.45, 7) is 11.0. The van der Waals surface area contributed by atoms with Crippen LogP contribution in [-0.4, -0.2) is 96.0 Å². The first-order valence-electron chi connectivity index (χ1n) is 19.9. The van der Waals surface area contributed by atoms with Gasteiger partial charge in [-0.3, -0.25) is 9.69 Å². The van der Waals surface area contributed by atoms with E-state index in [4.69, 9.17) is 30.5 Å². The van der Waals surface area contributed by atoms with E-state index < -0.39 is 21.2 Å². The van der Waals surface area contributed by atoms with Crippen LogP contribution in [-0.2, 0) is 36.1 Å². The highest BCUT2D eigenvalue weighted by Gasteiger charge is 2.52. The van der Waals surface area contributed by atoms with Crippen LogP contribution >= 0.6 is 11.6 Å². The van der Waals surface area contributed by atoms with Crippen molar-refractivity contribution >= 4 is 33.2 Å². The highest BCUT2D eigenvalue weighted by molar-refractivity contribution is 7.90. The third kappa shape index (κ3) is 6.69. The molecule has 5 aliphatic heterocycles. The summed E-state index contributed by atoms with van der Waals surface area (Å²) in [4.78, 5) is 18.6. The number of carbonyl (C=O) groups excluding carboxylic acids is 1. The number of rotatable bonds is 2. The molecule has 1 amide bonds. The predicted octanol–water partition coefficient (Wildman–Crippen LogP) is 5.80. The number of hydrogen-bond acceptors (Lipinski definition) is 9. The molecule has 2 bridgehead atoms. The van der Waals surface area contributed by atoms with Crippen LogP contribution in [0.25, 0.3) is 0 Å². The molecule has 2 aromatic carbocycles. The molecule has 1 N–H and O–H groups in total. The number of hydrogen-bond donors (Lipinski definition) is 1. The number of amides is 1. The van der Waals surface area contributed by atoms with Crippen molar-refractivity contribution in [1.29, 1.82) is 0 Å². The molecule has 2 spiro atoms. The summed E-state index contributed by atoms with van der Waals surface area (Å²) in [6.07, 6.45) is 7.49. The first kappa shape index (κ1) is 36.2. The Labute approximate surface area is 319 Å². The van der Waals surface area contributed by atoms with E-state index in [-0.39, 0.29) is 29.6 Å². The maximum atomic E-state index is 13.6. The monoisotopic (exact) mass is 767 g/mol. The number of likely N-dealkylation sites (tertiary alicyclic amines) is 1. The Morgan fingerprint density at radius 2 is 1.72 bits per heavy atom. The molecule has 1 saturated carbocycles. The molecule has 0 aromatic heterocycles. The average Bonchev–Trinajstić information content (AvgIpc) is 3.24. The minimum atomic E-state index is -3.91. The van der Waals surface area contributed by atoms with Crippen LogP contribution in [0.5, 0.6) is 5.75 Å². The predicted molar refractivity (Wildman–Crippen MR) is 203 cm³/mol. The van der Waals surface area contributed by atoms with E-state index >= 15 is 0 Å². The lowest BCUT2D eigenvalue weighted by molar-refractivity contribution is -0.267. The minimum Gasteiger partial charge on any atom is -0.490 e. The van der Waals surface area contributed by atoms with Crippen molar-refractivity contribution in [1.82, 2.24) is 9.62 Å². The maximum Gasteiger partial charge on any atom is 0.264 e. The van der Waals surface area contributed by atoms with Gasteiger partial charge in [-0.15, -0.1) is 0 Å². The summed E-state index contributed by atoms with van der Waals surface area (Å²) in [5.41, 5.74) is 3.84. The average molecular weight is 768 g/mol. The van der Waals surface area contributed by atoms with Crippen LogP contribution in [0.3, 0.4) is 0 Å². The van der Waals surface area contributed by atoms with Gasteiger partial charge in [-0.2, -0.15) is 0 Å². The lowest BCUT2D eigenvalue weighted by atomic mass is 9.64. The lowest BCUT2D eigenvalue weighted by Gasteiger charge is -2.58. The number of carbonyl (C=O) groups is 1. The van der Waals surface area contributed by atoms with Gasteiger partial charge in [0.1, 0.15) is 5.75 Å². The molecule has 2 aliphatic carbocycles. The largest absolute Gasteiger partial charge is 0.490 e. The molecule has 12 heteroatoms. The van der Waals surface area contributed by atoms with Crippen LogP contribution in [0.15, 0.2) is 36.4 Å². The zero-order valence-corrected chi connectivity index (χ0v) is 32.6. The van der Waals surface area contributed by atoms with Crippen LogP contribution in [0.2, 0.25) is 5.02 Å². The summed E-state index contributed by atoms with van der Waals surface area (Å²) in [5.74, 6) is 1.04. The maximum absolute atomic E-state index is 13.6. The Hall–Kier alpha value is -2.41. The van der Waals surface area contributed by atoms with Crippen molar-refractivity contribution in [2.45, 2.75) is 88.2 Å². The third-order valence-corrected chi connectivity index (χ3v) is 16.3. The van der Waals surface area contributed by atoms with Crippen LogP contribution in [0.1, 0.15) is 80.3 Å². The molecule has 5 heterocycles. The third-order valence-electron chi connectivity index (χ3n) is 14.2. The Morgan fingerprint density at radius 1 is 0.906 bits per heavy atom. The second-order valence-electron chi connectivity index (χ2n) is 17.6. The highest BCUT2D eigenvalue weighted by atomic mass is 35.5. The van der Waals surface area contributed by atoms with Crippen molar-refractivity contribution in [3.05, 3.63) is 58.1 Å². The number of ether oxygens (including phenoxy) is 4. The Balaban J connectivity index is 1.03. The number of aryl methyl sites for hydroxylation is 1. The molecule has 3 saturated heterocycles. The second kappa shape index (κ2) is 14.0. The van der Waals surface area contributed by atoms with Crippen molar-refractivity contribution in [3.8, 4) is 5.75 Å². The summed E-state index contributed by atoms with van der Waals surface area (Å²) < 4.78 is 55.1. The highest BCUT2D eigenvalue weighted by Crippen LogP contribution is 2.49. The zero-order chi connectivity index (χ0) is 36.5. The van der Waals surface area contributed by atoms with E-state index in [0.717, 1.165) is 107 Å². The Bertz CT molecular complexity index is 1820. The van der Waals surface area contributed by atoms with E-state index in [1.165, 1.54) is 11.1 Å². The quantitative estimate of drug-likeness (QED) is 0.406. The van der Waals surface area contributed by atoms with Gasteiger partial charge in [-0.1, -0.05) is 31.0 Å². The molecule has 288 valence electrons. The van der Waals surface area contributed by atoms with Crippen LogP contribution < -0.4 is 14.4 Å². The fraction of sp³-hybridized carbons (Fsp3) is 0.683. The van der Waals surface area contributed by atoms with Gasteiger partial charge >= 0.3 is 0 Å². The van der Waals surface area contributed by atoms with Gasteiger partial charge in [-0.25, -0.2) is 13.1 Å². The molecular formula is C41H54ClN3O7S. The smallest absolute Gasteiger partial charge is 0.264 e. The van der Waals surface area contributed by atoms with Gasteiger partial charge in [0, 0.05) is 53.5 Å². The Morgan fingerprint density at radius 3 is 2.45 bits per heavy atom. The first-order valence-corrected chi connectivity index (χ1v) is 21.9. The van der Waals surface area contributed by atoms with Gasteiger partial charge in [0.25, 0.3) is 5.91 Å². The van der Waals surface area contributed by atoms with E-state index in [0.29, 0.717) is 42.6 Å². The standard InChI is InChI=1S/C41H54ClN3O7S/c1-26-5-3-7-34(39-50-18-32(19-51-39)45-20-40(21-45)23-49-24-40)33-11-8-30(33)17-44-22-41(14-4-6-28-15-31(42)10-12-35(28)41)25-52-37-13-9-29(16-36(37)44)38(46)43-53(47,48)27(26)2/h9-10,12-13,15-16,26-27,30,32-34,39H,3-8,11,14,17-25H2,1-2H3,(H,43,46)/t26-,27+,30-,32-,33+,34-,39+,41-/m0/s1. The number of anilines is 1. The van der Waals surface area contributed by atoms with E-state index in [1.54, 1.807) is 13.0 Å². The summed E-state index contributed by atoms with van der Waals surface area (Å²) in [7, 11) is -3.91. The number of benzene rings is 2. The number of halogens is 1. The molecule has 0 radical (unpaired) electrons. The lowest BCUT2D eigenvalue weighted by Crippen LogP contribution is -2.70. The molecule has 53 heavy (non-hydrogen) atoms. The van der Waals surface area contributed by atoms with Gasteiger partial charge in [-0.05, 0) is 111 Å². The molecule has 7 aliphatic rings. The van der Waals surface area contributed by atoms with Crippen molar-refractivity contribution < 1.29 is 32.2 Å². The van der Waals surface area contributed by atoms with Gasteiger partial charge in [0.05, 0.1) is 50.0 Å². The van der Waals surface area contributed by atoms with Crippen LogP contribution in [0.4, 0.5) is 5.69 Å². The van der Waals surface area contributed by atoms with Crippen molar-refractivity contribution in [2.24, 2.45) is 29.1 Å². The SMILES string of the molecule is C[C@@H]1[C@@H](C)CCC[C@H]([C@H]2OC[C@@H](N3CC4(COC4)C3)CO2)[C@@H]2CC[C@H]2CN2C[C@@]3(CCCc4cc(Cl)ccc43)COc3ccc(cc32)C(=O)NS1(=O)=O. The first-order chi connectivity index (χ1) is 25.5. The molecule has 9 rings (SSSR count). The summed E-state index contributed by atoms with van der Waals surface area (Å²) in [5, 5.41) is 0.0278. The van der Waals surface area contributed by atoms with E-state index in [1.807, 2.05) is 25.1 Å². The van der Waals surface area contributed by atoms with E-state index in [2.05, 4.69) is 26.7 Å². The molecule has 10 nitrogen and oxygen atoms in total. The summed E-state index contributed by atoms with van der Waals surface area (Å²) in [6, 6.07) is 12.0. The van der Waals surface area contributed by atoms with Gasteiger partial charge in [0.2, 0.25) is 10.0 Å². The number of fused-ring (bicyclic) bond motifs is 4. The fourth-order valence-electron chi connectivity index (χ4n) is 10.6. The van der Waals surface area contributed by atoms with Gasteiger partial charge in [0.15, 0.2) is 6.29 Å². The van der Waals surface area contributed by atoms with Gasteiger partial charge < -0.3 is 23.8 Å². The molecule has 2 aromatic rings. The minimum absolute atomic E-state index is 0.127. The summed E-state index contributed by atoms with van der Waals surface area (Å²) >= 11 is 6.50. The molecule has 4 fully saturated rings. The van der Waals surface area contributed by atoms with Crippen molar-refractivity contribution in [2.75, 3.05) is 64.1 Å². The number of nitrogens with one attached hydrogen (secondary N) is 1. The molecular weight excluding hydrogens is 714 g/mol. The second-order valence-corrected chi connectivity index (χ2v) is 20.1. The van der Waals surface area contributed by atoms with Crippen LogP contribution in [0, 0.1) is 29.1 Å². The molecule has 6 atom stereocenters. The number of sulfonamides is 1.